The summed E-state index contributed by atoms with van der Waals surface area (Å²) in [5.74, 6) is 0. The zero-order valence-electron chi connectivity index (χ0n) is 10.8. The molecule has 3 nitrogen and oxygen atoms in total. The molecule has 0 aliphatic carbocycles. The second kappa shape index (κ2) is 6.48. The molecule has 0 aromatic carbocycles. The first kappa shape index (κ1) is 13.0. The Labute approximate surface area is 98.5 Å². The van der Waals surface area contributed by atoms with Crippen molar-refractivity contribution in [1.29, 1.82) is 0 Å². The summed E-state index contributed by atoms with van der Waals surface area (Å²) in [6.07, 6.45) is 5.18. The Morgan fingerprint density at radius 3 is 2.81 bits per heavy atom. The van der Waals surface area contributed by atoms with Crippen LogP contribution in [0.25, 0.3) is 6.08 Å². The molecular weight excluding hydrogens is 198 g/mol. The van der Waals surface area contributed by atoms with Gasteiger partial charge in [-0.2, -0.15) is 5.10 Å². The first-order chi connectivity index (χ1) is 7.67. The molecule has 0 fully saturated rings. The molecule has 90 valence electrons. The minimum Gasteiger partial charge on any atom is -0.311 e. The lowest BCUT2D eigenvalue weighted by Gasteiger charge is -2.10. The van der Waals surface area contributed by atoms with Gasteiger partial charge in [-0.05, 0) is 25.5 Å². The molecule has 1 heterocycles. The van der Waals surface area contributed by atoms with Crippen molar-refractivity contribution in [2.45, 2.75) is 46.7 Å². The molecular formula is C13H23N3. The molecule has 0 saturated heterocycles. The highest BCUT2D eigenvalue weighted by molar-refractivity contribution is 5.49. The SMILES string of the molecule is CCC(=Cc1ccnn1CC)CNC(C)C. The molecule has 1 aromatic heterocycles. The number of rotatable bonds is 6. The fourth-order valence-electron chi connectivity index (χ4n) is 1.55. The highest BCUT2D eigenvalue weighted by Gasteiger charge is 2.01. The summed E-state index contributed by atoms with van der Waals surface area (Å²) in [4.78, 5) is 0. The number of nitrogens with one attached hydrogen (secondary N) is 1. The van der Waals surface area contributed by atoms with E-state index in [1.807, 2.05) is 10.9 Å². The standard InChI is InChI=1S/C13H23N3/c1-5-12(10-14-11(3)4)9-13-7-8-15-16(13)6-2/h7-9,11,14H,5-6,10H2,1-4H3. The van der Waals surface area contributed by atoms with Gasteiger partial charge in [-0.3, -0.25) is 4.68 Å². The third-order valence-corrected chi connectivity index (χ3v) is 2.59. The third kappa shape index (κ3) is 3.81. The molecule has 1 N–H and O–H groups in total. The Hall–Kier alpha value is -1.09. The van der Waals surface area contributed by atoms with Crippen molar-refractivity contribution in [3.63, 3.8) is 0 Å². The van der Waals surface area contributed by atoms with Crippen LogP contribution in [-0.2, 0) is 6.54 Å². The van der Waals surface area contributed by atoms with Crippen LogP contribution in [0.15, 0.2) is 17.8 Å². The van der Waals surface area contributed by atoms with E-state index in [1.165, 1.54) is 11.3 Å². The van der Waals surface area contributed by atoms with Crippen LogP contribution in [-0.4, -0.2) is 22.4 Å². The average molecular weight is 221 g/mol. The third-order valence-electron chi connectivity index (χ3n) is 2.59. The van der Waals surface area contributed by atoms with Crippen molar-refractivity contribution in [2.24, 2.45) is 0 Å². The fourth-order valence-corrected chi connectivity index (χ4v) is 1.55. The Bertz CT molecular complexity index is 337. The summed E-state index contributed by atoms with van der Waals surface area (Å²) in [6, 6.07) is 2.60. The minimum absolute atomic E-state index is 0.533. The van der Waals surface area contributed by atoms with E-state index in [0.29, 0.717) is 6.04 Å². The van der Waals surface area contributed by atoms with Crippen LogP contribution >= 0.6 is 0 Å². The van der Waals surface area contributed by atoms with E-state index in [4.69, 9.17) is 0 Å². The van der Waals surface area contributed by atoms with Gasteiger partial charge in [-0.15, -0.1) is 0 Å². The normalized spacial score (nSPS) is 12.4. The Morgan fingerprint density at radius 2 is 2.25 bits per heavy atom. The summed E-state index contributed by atoms with van der Waals surface area (Å²) >= 11 is 0. The molecule has 0 spiro atoms. The van der Waals surface area contributed by atoms with Crippen molar-refractivity contribution in [2.75, 3.05) is 6.54 Å². The predicted octanol–water partition coefficient (Wildman–Crippen LogP) is 2.69. The maximum atomic E-state index is 4.27. The lowest BCUT2D eigenvalue weighted by atomic mass is 10.1. The van der Waals surface area contributed by atoms with Gasteiger partial charge in [-0.25, -0.2) is 0 Å². The molecule has 0 saturated carbocycles. The van der Waals surface area contributed by atoms with Crippen molar-refractivity contribution in [1.82, 2.24) is 15.1 Å². The van der Waals surface area contributed by atoms with Crippen molar-refractivity contribution >= 4 is 6.08 Å². The molecule has 0 radical (unpaired) electrons. The molecule has 1 rings (SSSR count). The van der Waals surface area contributed by atoms with Gasteiger partial charge in [0.15, 0.2) is 0 Å². The average Bonchev–Trinajstić information content (AvgIpc) is 2.70. The number of hydrogen-bond donors (Lipinski definition) is 1. The number of hydrogen-bond acceptors (Lipinski definition) is 2. The Balaban J connectivity index is 2.71. The molecule has 1 aromatic rings. The number of nitrogens with zero attached hydrogens (tertiary/aromatic N) is 2. The topological polar surface area (TPSA) is 29.9 Å². The zero-order chi connectivity index (χ0) is 12.0. The molecule has 0 bridgehead atoms. The first-order valence-corrected chi connectivity index (χ1v) is 6.12. The van der Waals surface area contributed by atoms with Crippen LogP contribution in [0.3, 0.4) is 0 Å². The van der Waals surface area contributed by atoms with Gasteiger partial charge in [0.25, 0.3) is 0 Å². The van der Waals surface area contributed by atoms with E-state index in [1.54, 1.807) is 0 Å². The summed E-state index contributed by atoms with van der Waals surface area (Å²) in [5.41, 5.74) is 2.62. The fraction of sp³-hybridized carbons (Fsp3) is 0.615. The molecule has 0 unspecified atom stereocenters. The largest absolute Gasteiger partial charge is 0.311 e. The van der Waals surface area contributed by atoms with E-state index in [0.717, 1.165) is 19.5 Å². The van der Waals surface area contributed by atoms with Crippen molar-refractivity contribution in [3.8, 4) is 0 Å². The van der Waals surface area contributed by atoms with E-state index >= 15 is 0 Å². The second-order valence-corrected chi connectivity index (χ2v) is 4.26. The van der Waals surface area contributed by atoms with Gasteiger partial charge >= 0.3 is 0 Å². The van der Waals surface area contributed by atoms with Crippen molar-refractivity contribution in [3.05, 3.63) is 23.5 Å². The number of aromatic nitrogens is 2. The van der Waals surface area contributed by atoms with Gasteiger partial charge in [0, 0.05) is 25.3 Å². The first-order valence-electron chi connectivity index (χ1n) is 6.12. The number of aryl methyl sites for hydroxylation is 1. The van der Waals surface area contributed by atoms with Gasteiger partial charge < -0.3 is 5.32 Å². The van der Waals surface area contributed by atoms with Gasteiger partial charge in [-0.1, -0.05) is 26.3 Å². The van der Waals surface area contributed by atoms with Crippen LogP contribution in [0, 0.1) is 0 Å². The van der Waals surface area contributed by atoms with Crippen LogP contribution in [0.2, 0.25) is 0 Å². The Morgan fingerprint density at radius 1 is 1.50 bits per heavy atom. The smallest absolute Gasteiger partial charge is 0.0609 e. The van der Waals surface area contributed by atoms with E-state index in [9.17, 15) is 0 Å². The molecule has 0 aliphatic heterocycles. The van der Waals surface area contributed by atoms with E-state index < -0.39 is 0 Å². The monoisotopic (exact) mass is 221 g/mol. The van der Waals surface area contributed by atoms with Crippen LogP contribution in [0.1, 0.15) is 39.8 Å². The molecule has 0 amide bonds. The maximum Gasteiger partial charge on any atom is 0.0609 e. The summed E-state index contributed by atoms with van der Waals surface area (Å²) in [5, 5.41) is 7.72. The lowest BCUT2D eigenvalue weighted by Crippen LogP contribution is -2.24. The highest BCUT2D eigenvalue weighted by Crippen LogP contribution is 2.09. The molecule has 0 atom stereocenters. The summed E-state index contributed by atoms with van der Waals surface area (Å²) in [7, 11) is 0. The zero-order valence-corrected chi connectivity index (χ0v) is 10.8. The maximum absolute atomic E-state index is 4.27. The predicted molar refractivity (Wildman–Crippen MR) is 69.3 cm³/mol. The molecule has 16 heavy (non-hydrogen) atoms. The summed E-state index contributed by atoms with van der Waals surface area (Å²) < 4.78 is 2.02. The molecule has 0 aliphatic rings. The van der Waals surface area contributed by atoms with Crippen molar-refractivity contribution < 1.29 is 0 Å². The minimum atomic E-state index is 0.533. The van der Waals surface area contributed by atoms with Crippen LogP contribution in [0.5, 0.6) is 0 Å². The highest BCUT2D eigenvalue weighted by atomic mass is 15.3. The van der Waals surface area contributed by atoms with Crippen LogP contribution < -0.4 is 5.32 Å². The second-order valence-electron chi connectivity index (χ2n) is 4.26. The Kier molecular flexibility index (Phi) is 5.26. The quantitative estimate of drug-likeness (QED) is 0.800. The van der Waals surface area contributed by atoms with Gasteiger partial charge in [0.2, 0.25) is 0 Å². The molecule has 3 heteroatoms. The van der Waals surface area contributed by atoms with Crippen LogP contribution in [0.4, 0.5) is 0 Å². The summed E-state index contributed by atoms with van der Waals surface area (Å²) in [6.45, 7) is 10.5. The lowest BCUT2D eigenvalue weighted by molar-refractivity contribution is 0.615. The van der Waals surface area contributed by atoms with Gasteiger partial charge in [0.05, 0.1) is 5.69 Å². The van der Waals surface area contributed by atoms with E-state index in [-0.39, 0.29) is 0 Å². The van der Waals surface area contributed by atoms with E-state index in [2.05, 4.69) is 50.3 Å². The van der Waals surface area contributed by atoms with Gasteiger partial charge in [0.1, 0.15) is 0 Å².